The zero-order valence-electron chi connectivity index (χ0n) is 17.6. The Balaban J connectivity index is 1.86. The summed E-state index contributed by atoms with van der Waals surface area (Å²) >= 11 is 0. The fourth-order valence-corrected chi connectivity index (χ4v) is 3.52. The van der Waals surface area contributed by atoms with E-state index in [0.29, 0.717) is 12.5 Å². The molecule has 0 aromatic heterocycles. The first-order chi connectivity index (χ1) is 14.1. The van der Waals surface area contributed by atoms with Crippen molar-refractivity contribution in [2.24, 2.45) is 0 Å². The first kappa shape index (κ1) is 27.5. The van der Waals surface area contributed by atoms with Gasteiger partial charge in [0.25, 0.3) is 0 Å². The molecule has 1 unspecified atom stereocenters. The second kappa shape index (κ2) is 13.8. The lowest BCUT2D eigenvalue weighted by atomic mass is 10.0. The lowest BCUT2D eigenvalue weighted by Crippen LogP contribution is -2.51. The van der Waals surface area contributed by atoms with E-state index >= 15 is 0 Å². The van der Waals surface area contributed by atoms with E-state index in [1.165, 1.54) is 0 Å². The lowest BCUT2D eigenvalue weighted by molar-refractivity contribution is -0.355. The van der Waals surface area contributed by atoms with Gasteiger partial charge in [0, 0.05) is 26.2 Å². The average Bonchev–Trinajstić information content (AvgIpc) is 3.17. The molecule has 30 heavy (non-hydrogen) atoms. The van der Waals surface area contributed by atoms with E-state index < -0.39 is 24.4 Å². The summed E-state index contributed by atoms with van der Waals surface area (Å²) in [6.45, 7) is 2.36. The molecule has 0 aliphatic carbocycles. The Morgan fingerprint density at radius 3 is 1.73 bits per heavy atom. The Bertz CT molecular complexity index is 436. The predicted molar refractivity (Wildman–Crippen MR) is 101 cm³/mol. The van der Waals surface area contributed by atoms with E-state index in [-0.39, 0.29) is 12.8 Å². The molecule has 0 bridgehead atoms. The highest BCUT2D eigenvalue weighted by molar-refractivity contribution is 4.90. The van der Waals surface area contributed by atoms with Gasteiger partial charge in [-0.25, -0.2) is 0 Å². The van der Waals surface area contributed by atoms with Crippen LogP contribution in [0.4, 0.5) is 30.7 Å². The van der Waals surface area contributed by atoms with Gasteiger partial charge in [-0.1, -0.05) is 51.4 Å². The molecule has 1 fully saturated rings. The minimum atomic E-state index is -6.23. The van der Waals surface area contributed by atoms with Crippen LogP contribution in [0.2, 0.25) is 0 Å². The molecular weight excluding hydrogens is 417 g/mol. The SMILES string of the molecule is FC(F)(F)C(F)(F)C(F)(F)CCCCCCCCCCCCOCCC1CCCO1. The van der Waals surface area contributed by atoms with Crippen LogP contribution in [0.15, 0.2) is 0 Å². The Morgan fingerprint density at radius 1 is 0.700 bits per heavy atom. The van der Waals surface area contributed by atoms with E-state index in [1.54, 1.807) is 0 Å². The van der Waals surface area contributed by atoms with Gasteiger partial charge >= 0.3 is 18.0 Å². The zero-order chi connectivity index (χ0) is 22.5. The van der Waals surface area contributed by atoms with Gasteiger partial charge in [0.05, 0.1) is 6.10 Å². The maximum absolute atomic E-state index is 13.1. The third-order valence-electron chi connectivity index (χ3n) is 5.45. The largest absolute Gasteiger partial charge is 0.459 e. The quantitative estimate of drug-likeness (QED) is 0.166. The first-order valence-corrected chi connectivity index (χ1v) is 11.1. The van der Waals surface area contributed by atoms with Crippen LogP contribution in [0.1, 0.15) is 89.9 Å². The molecule has 0 amide bonds. The van der Waals surface area contributed by atoms with E-state index in [4.69, 9.17) is 9.47 Å². The Hall–Kier alpha value is -0.570. The van der Waals surface area contributed by atoms with Crippen molar-refractivity contribution in [1.82, 2.24) is 0 Å². The van der Waals surface area contributed by atoms with Crippen LogP contribution in [0.5, 0.6) is 0 Å². The highest BCUT2D eigenvalue weighted by Gasteiger charge is 2.72. The van der Waals surface area contributed by atoms with Gasteiger partial charge in [-0.15, -0.1) is 0 Å². The summed E-state index contributed by atoms with van der Waals surface area (Å²) in [5, 5.41) is 0. The highest BCUT2D eigenvalue weighted by atomic mass is 19.4. The van der Waals surface area contributed by atoms with Crippen LogP contribution in [0, 0.1) is 0 Å². The van der Waals surface area contributed by atoms with Crippen molar-refractivity contribution in [2.75, 3.05) is 19.8 Å². The van der Waals surface area contributed by atoms with Crippen LogP contribution < -0.4 is 0 Å². The third-order valence-corrected chi connectivity index (χ3v) is 5.45. The van der Waals surface area contributed by atoms with Crippen LogP contribution in [-0.2, 0) is 9.47 Å². The van der Waals surface area contributed by atoms with Crippen molar-refractivity contribution in [1.29, 1.82) is 0 Å². The lowest BCUT2D eigenvalue weighted by Gasteiger charge is -2.28. The zero-order valence-corrected chi connectivity index (χ0v) is 17.6. The third kappa shape index (κ3) is 10.2. The molecule has 0 saturated carbocycles. The molecule has 0 aromatic rings. The van der Waals surface area contributed by atoms with Gasteiger partial charge in [0.2, 0.25) is 0 Å². The molecule has 2 nitrogen and oxygen atoms in total. The molecule has 1 heterocycles. The van der Waals surface area contributed by atoms with Crippen molar-refractivity contribution < 1.29 is 40.2 Å². The van der Waals surface area contributed by atoms with Crippen molar-refractivity contribution in [3.8, 4) is 0 Å². The molecule has 180 valence electrons. The van der Waals surface area contributed by atoms with Crippen LogP contribution in [0.25, 0.3) is 0 Å². The summed E-state index contributed by atoms with van der Waals surface area (Å²) in [6, 6.07) is 0. The minimum absolute atomic E-state index is 0.229. The van der Waals surface area contributed by atoms with Gasteiger partial charge in [0.15, 0.2) is 0 Å². The fourth-order valence-electron chi connectivity index (χ4n) is 3.52. The normalized spacial score (nSPS) is 18.3. The number of halogens is 7. The van der Waals surface area contributed by atoms with E-state index in [0.717, 1.165) is 84.0 Å². The highest BCUT2D eigenvalue weighted by Crippen LogP contribution is 2.48. The molecule has 1 aliphatic heterocycles. The number of hydrogen-bond donors (Lipinski definition) is 0. The summed E-state index contributed by atoms with van der Waals surface area (Å²) < 4.78 is 99.0. The second-order valence-electron chi connectivity index (χ2n) is 8.10. The molecule has 0 N–H and O–H groups in total. The summed E-state index contributed by atoms with van der Waals surface area (Å²) in [5.41, 5.74) is 0. The minimum Gasteiger partial charge on any atom is -0.381 e. The smallest absolute Gasteiger partial charge is 0.381 e. The summed E-state index contributed by atoms with van der Waals surface area (Å²) in [6.07, 6.45) is 3.30. The van der Waals surface area contributed by atoms with Crippen LogP contribution in [0.3, 0.4) is 0 Å². The molecule has 0 radical (unpaired) electrons. The topological polar surface area (TPSA) is 18.5 Å². The average molecular weight is 452 g/mol. The molecule has 1 aliphatic rings. The molecular formula is C21H35F7O2. The van der Waals surface area contributed by atoms with Gasteiger partial charge < -0.3 is 9.47 Å². The summed E-state index contributed by atoms with van der Waals surface area (Å²) in [7, 11) is 0. The molecule has 0 spiro atoms. The monoisotopic (exact) mass is 452 g/mol. The number of ether oxygens (including phenoxy) is 2. The fraction of sp³-hybridized carbons (Fsp3) is 1.00. The summed E-state index contributed by atoms with van der Waals surface area (Å²) in [4.78, 5) is 0. The van der Waals surface area contributed by atoms with E-state index in [9.17, 15) is 30.7 Å². The van der Waals surface area contributed by atoms with Crippen molar-refractivity contribution >= 4 is 0 Å². The maximum Gasteiger partial charge on any atom is 0.459 e. The molecule has 1 rings (SSSR count). The summed E-state index contributed by atoms with van der Waals surface area (Å²) in [5.74, 6) is -11.0. The predicted octanol–water partition coefficient (Wildman–Crippen LogP) is 7.70. The number of alkyl halides is 7. The van der Waals surface area contributed by atoms with Crippen molar-refractivity contribution in [3.63, 3.8) is 0 Å². The van der Waals surface area contributed by atoms with Crippen LogP contribution in [-0.4, -0.2) is 43.9 Å². The Kier molecular flexibility index (Phi) is 12.6. The number of rotatable bonds is 17. The van der Waals surface area contributed by atoms with Gasteiger partial charge in [-0.3, -0.25) is 0 Å². The van der Waals surface area contributed by atoms with E-state index in [1.807, 2.05) is 0 Å². The first-order valence-electron chi connectivity index (χ1n) is 11.1. The molecule has 1 saturated heterocycles. The maximum atomic E-state index is 13.1. The van der Waals surface area contributed by atoms with Crippen molar-refractivity contribution in [2.45, 2.75) is 114 Å². The Morgan fingerprint density at radius 2 is 1.23 bits per heavy atom. The molecule has 1 atom stereocenters. The van der Waals surface area contributed by atoms with Crippen LogP contribution >= 0.6 is 0 Å². The second-order valence-corrected chi connectivity index (χ2v) is 8.10. The van der Waals surface area contributed by atoms with Gasteiger partial charge in [0.1, 0.15) is 0 Å². The van der Waals surface area contributed by atoms with E-state index in [2.05, 4.69) is 0 Å². The standard InChI is InChI=1S/C21H35F7O2/c22-19(23,20(24,25)21(26,27)28)14-9-7-5-3-1-2-4-6-8-10-15-29-17-13-18-12-11-16-30-18/h18H,1-17H2. The molecule has 9 heteroatoms. The number of unbranched alkanes of at least 4 members (excludes halogenated alkanes) is 9. The Labute approximate surface area is 174 Å². The number of hydrogen-bond acceptors (Lipinski definition) is 2. The molecule has 0 aromatic carbocycles. The van der Waals surface area contributed by atoms with Gasteiger partial charge in [-0.2, -0.15) is 30.7 Å². The van der Waals surface area contributed by atoms with Crippen molar-refractivity contribution in [3.05, 3.63) is 0 Å². The van der Waals surface area contributed by atoms with Gasteiger partial charge in [-0.05, 0) is 32.1 Å².